The van der Waals surface area contributed by atoms with Gasteiger partial charge in [0.1, 0.15) is 5.58 Å². The van der Waals surface area contributed by atoms with Gasteiger partial charge in [-0.15, -0.1) is 0 Å². The predicted molar refractivity (Wildman–Crippen MR) is 84.7 cm³/mol. The molecule has 0 aliphatic heterocycles. The maximum atomic E-state index is 12.5. The number of aryl methyl sites for hydroxylation is 1. The monoisotopic (exact) mass is 275 g/mol. The van der Waals surface area contributed by atoms with E-state index in [1.54, 1.807) is 0 Å². The number of benzene rings is 2. The molecule has 4 rings (SSSR count). The minimum absolute atomic E-state index is 0.294. The Morgan fingerprint density at radius 1 is 0.952 bits per heavy atom. The topological polar surface area (TPSA) is 43.1 Å². The Morgan fingerprint density at radius 2 is 1.67 bits per heavy atom. The molecule has 0 bridgehead atoms. The summed E-state index contributed by atoms with van der Waals surface area (Å²) in [7, 11) is 0. The third kappa shape index (κ3) is 1.67. The summed E-state index contributed by atoms with van der Waals surface area (Å²) in [6.07, 6.45) is 0.773. The Bertz CT molecular complexity index is 1050. The molecule has 0 aliphatic carbocycles. The molecule has 0 unspecified atom stereocenters. The average molecular weight is 275 g/mol. The van der Waals surface area contributed by atoms with E-state index in [0.29, 0.717) is 11.0 Å². The number of fused-ring (bicyclic) bond motifs is 5. The van der Waals surface area contributed by atoms with Crippen LogP contribution in [0.25, 0.3) is 32.6 Å². The Balaban J connectivity index is 2.42. The molecular weight excluding hydrogens is 262 g/mol. The molecule has 0 aliphatic rings. The molecule has 0 saturated carbocycles. The Kier molecular flexibility index (Phi) is 2.54. The van der Waals surface area contributed by atoms with Gasteiger partial charge < -0.3 is 4.42 Å². The Labute approximate surface area is 120 Å². The third-order valence-electron chi connectivity index (χ3n) is 3.87. The van der Waals surface area contributed by atoms with Crippen molar-refractivity contribution in [2.45, 2.75) is 13.3 Å². The first kappa shape index (κ1) is 12.1. The fourth-order valence-electron chi connectivity index (χ4n) is 2.93. The van der Waals surface area contributed by atoms with Gasteiger partial charge in [0.25, 0.3) is 0 Å². The van der Waals surface area contributed by atoms with Crippen LogP contribution in [0.3, 0.4) is 0 Å². The number of nitrogens with zero attached hydrogens (tertiary/aromatic N) is 1. The van der Waals surface area contributed by atoms with Crippen LogP contribution in [0.15, 0.2) is 57.7 Å². The molecule has 102 valence electrons. The van der Waals surface area contributed by atoms with Gasteiger partial charge in [0.05, 0.1) is 10.9 Å². The van der Waals surface area contributed by atoms with Gasteiger partial charge >= 0.3 is 5.63 Å². The van der Waals surface area contributed by atoms with Crippen LogP contribution < -0.4 is 5.63 Å². The van der Waals surface area contributed by atoms with Gasteiger partial charge in [0.15, 0.2) is 0 Å². The lowest BCUT2D eigenvalue weighted by Gasteiger charge is -2.09. The number of hydrogen-bond acceptors (Lipinski definition) is 3. The van der Waals surface area contributed by atoms with Gasteiger partial charge in [0, 0.05) is 21.9 Å². The van der Waals surface area contributed by atoms with E-state index in [1.807, 2.05) is 48.5 Å². The highest BCUT2D eigenvalue weighted by Crippen LogP contribution is 2.30. The number of para-hydroxylation sites is 2. The second-order valence-electron chi connectivity index (χ2n) is 5.06. The summed E-state index contributed by atoms with van der Waals surface area (Å²) < 4.78 is 5.50. The molecule has 21 heavy (non-hydrogen) atoms. The van der Waals surface area contributed by atoms with E-state index in [0.717, 1.165) is 33.8 Å². The normalized spacial score (nSPS) is 11.5. The quantitative estimate of drug-likeness (QED) is 0.388. The lowest BCUT2D eigenvalue weighted by molar-refractivity contribution is 0.570. The number of hydrogen-bond donors (Lipinski definition) is 0. The zero-order chi connectivity index (χ0) is 14.4. The third-order valence-corrected chi connectivity index (χ3v) is 3.87. The van der Waals surface area contributed by atoms with E-state index in [2.05, 4.69) is 6.92 Å². The Hall–Kier alpha value is -2.68. The van der Waals surface area contributed by atoms with Crippen LogP contribution in [0.2, 0.25) is 0 Å². The van der Waals surface area contributed by atoms with Gasteiger partial charge in [-0.3, -0.25) is 4.98 Å². The van der Waals surface area contributed by atoms with Gasteiger partial charge in [0.2, 0.25) is 0 Å². The maximum absolute atomic E-state index is 12.5. The summed E-state index contributed by atoms with van der Waals surface area (Å²) in [6, 6.07) is 15.3. The molecule has 2 aromatic heterocycles. The van der Waals surface area contributed by atoms with Crippen molar-refractivity contribution in [1.82, 2.24) is 4.98 Å². The highest BCUT2D eigenvalue weighted by molar-refractivity contribution is 6.15. The first-order valence-electron chi connectivity index (χ1n) is 7.02. The summed E-state index contributed by atoms with van der Waals surface area (Å²) >= 11 is 0. The zero-order valence-electron chi connectivity index (χ0n) is 11.6. The van der Waals surface area contributed by atoms with Crippen molar-refractivity contribution < 1.29 is 4.42 Å². The van der Waals surface area contributed by atoms with Gasteiger partial charge in [-0.25, -0.2) is 4.79 Å². The minimum Gasteiger partial charge on any atom is -0.422 e. The largest absolute Gasteiger partial charge is 0.422 e. The lowest BCUT2D eigenvalue weighted by Crippen LogP contribution is -2.04. The average Bonchev–Trinajstić information content (AvgIpc) is 2.53. The second kappa shape index (κ2) is 4.42. The molecular formula is C18H13NO2. The first-order chi connectivity index (χ1) is 10.3. The van der Waals surface area contributed by atoms with E-state index < -0.39 is 0 Å². The number of rotatable bonds is 1. The number of aromatic nitrogens is 1. The first-order valence-corrected chi connectivity index (χ1v) is 7.02. The SMILES string of the molecule is CCc1nc2ccccc2c2c(=O)oc3ccccc3c12. The summed E-state index contributed by atoms with van der Waals surface area (Å²) in [5, 5.41) is 3.35. The van der Waals surface area contributed by atoms with Crippen LogP contribution >= 0.6 is 0 Å². The van der Waals surface area contributed by atoms with E-state index in [4.69, 9.17) is 9.40 Å². The summed E-state index contributed by atoms with van der Waals surface area (Å²) in [5.74, 6) is 0. The summed E-state index contributed by atoms with van der Waals surface area (Å²) in [4.78, 5) is 17.2. The van der Waals surface area contributed by atoms with Crippen molar-refractivity contribution in [3.05, 3.63) is 64.6 Å². The van der Waals surface area contributed by atoms with E-state index >= 15 is 0 Å². The summed E-state index contributed by atoms with van der Waals surface area (Å²) in [5.41, 5.74) is 2.09. The van der Waals surface area contributed by atoms with E-state index in [-0.39, 0.29) is 5.63 Å². The fraction of sp³-hybridized carbons (Fsp3) is 0.111. The fourth-order valence-corrected chi connectivity index (χ4v) is 2.93. The molecule has 0 amide bonds. The molecule has 0 atom stereocenters. The second-order valence-corrected chi connectivity index (χ2v) is 5.06. The van der Waals surface area contributed by atoms with Crippen molar-refractivity contribution in [3.8, 4) is 0 Å². The highest BCUT2D eigenvalue weighted by Gasteiger charge is 2.14. The minimum atomic E-state index is -0.294. The van der Waals surface area contributed by atoms with Crippen LogP contribution in [0.5, 0.6) is 0 Å². The van der Waals surface area contributed by atoms with Gasteiger partial charge in [-0.05, 0) is 18.6 Å². The highest BCUT2D eigenvalue weighted by atomic mass is 16.4. The maximum Gasteiger partial charge on any atom is 0.344 e. The molecule has 0 fully saturated rings. The van der Waals surface area contributed by atoms with Crippen molar-refractivity contribution in [3.63, 3.8) is 0 Å². The molecule has 3 heteroatoms. The standard InChI is InChI=1S/C18H13NO2/c1-2-13-16-12-8-4-6-10-15(12)21-18(20)17(16)11-7-3-5-9-14(11)19-13/h3-10H,2H2,1H3. The van der Waals surface area contributed by atoms with Crippen LogP contribution in [-0.4, -0.2) is 4.98 Å². The lowest BCUT2D eigenvalue weighted by atomic mass is 10.0. The number of pyridine rings is 1. The smallest absolute Gasteiger partial charge is 0.344 e. The van der Waals surface area contributed by atoms with Crippen molar-refractivity contribution >= 4 is 32.6 Å². The van der Waals surface area contributed by atoms with Crippen LogP contribution in [0.1, 0.15) is 12.6 Å². The van der Waals surface area contributed by atoms with Crippen LogP contribution in [0, 0.1) is 0 Å². The molecule has 2 heterocycles. The predicted octanol–water partition coefficient (Wildman–Crippen LogP) is 4.06. The van der Waals surface area contributed by atoms with E-state index in [9.17, 15) is 4.79 Å². The van der Waals surface area contributed by atoms with Crippen molar-refractivity contribution in [2.75, 3.05) is 0 Å². The van der Waals surface area contributed by atoms with Crippen LogP contribution in [-0.2, 0) is 6.42 Å². The van der Waals surface area contributed by atoms with Crippen molar-refractivity contribution in [2.24, 2.45) is 0 Å². The molecule has 0 radical (unpaired) electrons. The molecule has 3 nitrogen and oxygen atoms in total. The molecule has 0 saturated heterocycles. The Morgan fingerprint density at radius 3 is 2.48 bits per heavy atom. The van der Waals surface area contributed by atoms with Crippen LogP contribution in [0.4, 0.5) is 0 Å². The molecule has 0 N–H and O–H groups in total. The molecule has 2 aromatic carbocycles. The van der Waals surface area contributed by atoms with E-state index in [1.165, 1.54) is 0 Å². The molecule has 4 aromatic rings. The zero-order valence-corrected chi connectivity index (χ0v) is 11.6. The van der Waals surface area contributed by atoms with Gasteiger partial charge in [-0.2, -0.15) is 0 Å². The van der Waals surface area contributed by atoms with Crippen molar-refractivity contribution in [1.29, 1.82) is 0 Å². The molecule has 0 spiro atoms. The van der Waals surface area contributed by atoms with Gasteiger partial charge in [-0.1, -0.05) is 43.3 Å². The summed E-state index contributed by atoms with van der Waals surface area (Å²) in [6.45, 7) is 2.06.